The van der Waals surface area contributed by atoms with Crippen LogP contribution in [0.15, 0.2) is 133 Å². The van der Waals surface area contributed by atoms with Crippen LogP contribution in [0.1, 0.15) is 0 Å². The lowest BCUT2D eigenvalue weighted by Gasteiger charge is -2.13. The van der Waals surface area contributed by atoms with E-state index < -0.39 is 0 Å². The molecule has 0 aliphatic heterocycles. The van der Waals surface area contributed by atoms with Crippen molar-refractivity contribution in [2.45, 2.75) is 0 Å². The van der Waals surface area contributed by atoms with Crippen LogP contribution in [0.3, 0.4) is 0 Å². The lowest BCUT2D eigenvalue weighted by atomic mass is 10.0. The molecule has 2 aromatic heterocycles. The fourth-order valence-electron chi connectivity index (χ4n) is 6.14. The van der Waals surface area contributed by atoms with Crippen molar-refractivity contribution >= 4 is 43.6 Å². The second kappa shape index (κ2) is 8.65. The highest BCUT2D eigenvalue weighted by molar-refractivity contribution is 6.10. The van der Waals surface area contributed by atoms with Crippen LogP contribution in [-0.4, -0.2) is 9.13 Å². The fraction of sp³-hybridized carbons (Fsp3) is 0. The quantitative estimate of drug-likeness (QED) is 0.219. The van der Waals surface area contributed by atoms with Crippen molar-refractivity contribution in [1.82, 2.24) is 9.13 Å². The van der Waals surface area contributed by atoms with Crippen molar-refractivity contribution < 1.29 is 8.78 Å². The summed E-state index contributed by atoms with van der Waals surface area (Å²) in [7, 11) is 0. The molecule has 0 unspecified atom stereocenters. The van der Waals surface area contributed by atoms with Crippen molar-refractivity contribution in [1.29, 1.82) is 0 Å². The molecule has 0 amide bonds. The van der Waals surface area contributed by atoms with Gasteiger partial charge in [-0.3, -0.25) is 0 Å². The summed E-state index contributed by atoms with van der Waals surface area (Å²) < 4.78 is 34.7. The average Bonchev–Trinajstić information content (AvgIpc) is 3.50. The van der Waals surface area contributed by atoms with Gasteiger partial charge in [-0.2, -0.15) is 0 Å². The molecule has 0 aliphatic rings. The number of benzene rings is 6. The van der Waals surface area contributed by atoms with Gasteiger partial charge in [0.2, 0.25) is 0 Å². The van der Waals surface area contributed by atoms with Crippen LogP contribution in [0.2, 0.25) is 0 Å². The van der Waals surface area contributed by atoms with Crippen LogP contribution in [0.4, 0.5) is 8.78 Å². The van der Waals surface area contributed by atoms with E-state index in [0.717, 1.165) is 43.6 Å². The topological polar surface area (TPSA) is 9.86 Å². The Morgan fingerprint density at radius 1 is 0.350 bits per heavy atom. The maximum atomic E-state index is 15.3. The largest absolute Gasteiger partial charge is 0.309 e. The van der Waals surface area contributed by atoms with Crippen molar-refractivity contribution in [3.8, 4) is 22.5 Å². The number of para-hydroxylation sites is 4. The van der Waals surface area contributed by atoms with Crippen molar-refractivity contribution in [2.75, 3.05) is 0 Å². The first-order valence-electron chi connectivity index (χ1n) is 13.2. The van der Waals surface area contributed by atoms with Gasteiger partial charge in [-0.15, -0.1) is 0 Å². The zero-order chi connectivity index (χ0) is 26.8. The van der Waals surface area contributed by atoms with Crippen molar-refractivity contribution in [2.24, 2.45) is 0 Å². The molecule has 40 heavy (non-hydrogen) atoms. The van der Waals surface area contributed by atoms with Gasteiger partial charge in [-0.05, 0) is 71.8 Å². The van der Waals surface area contributed by atoms with Gasteiger partial charge in [0.15, 0.2) is 0 Å². The molecule has 0 spiro atoms. The fourth-order valence-corrected chi connectivity index (χ4v) is 6.14. The van der Waals surface area contributed by atoms with Crippen LogP contribution in [0, 0.1) is 11.6 Å². The monoisotopic (exact) mass is 520 g/mol. The molecule has 0 saturated carbocycles. The minimum Gasteiger partial charge on any atom is -0.309 e. The number of rotatable bonds is 3. The Balaban J connectivity index is 1.36. The van der Waals surface area contributed by atoms with Gasteiger partial charge in [-0.1, -0.05) is 72.8 Å². The zero-order valence-corrected chi connectivity index (χ0v) is 21.4. The summed E-state index contributed by atoms with van der Waals surface area (Å²) in [5.74, 6) is -0.755. The first-order valence-corrected chi connectivity index (χ1v) is 13.2. The summed E-state index contributed by atoms with van der Waals surface area (Å²) in [5.41, 5.74) is 6.56. The summed E-state index contributed by atoms with van der Waals surface area (Å²) in [5, 5.41) is 4.40. The van der Waals surface area contributed by atoms with E-state index in [9.17, 15) is 0 Å². The van der Waals surface area contributed by atoms with E-state index in [4.69, 9.17) is 0 Å². The summed E-state index contributed by atoms with van der Waals surface area (Å²) in [6.07, 6.45) is 0. The molecule has 0 aliphatic carbocycles. The Hall–Kier alpha value is -5.22. The van der Waals surface area contributed by atoms with E-state index in [0.29, 0.717) is 22.5 Å². The average molecular weight is 521 g/mol. The summed E-state index contributed by atoms with van der Waals surface area (Å²) in [6.45, 7) is 0. The van der Waals surface area contributed by atoms with Crippen molar-refractivity contribution in [3.05, 3.63) is 145 Å². The normalized spacial score (nSPS) is 11.8. The Kier molecular flexibility index (Phi) is 4.92. The molecular formula is C36H22F2N2. The molecule has 4 heteroatoms. The minimum atomic E-state index is -0.378. The van der Waals surface area contributed by atoms with Gasteiger partial charge < -0.3 is 9.13 Å². The smallest absolute Gasteiger partial charge is 0.125 e. The van der Waals surface area contributed by atoms with Crippen LogP contribution < -0.4 is 0 Å². The highest BCUT2D eigenvalue weighted by Crippen LogP contribution is 2.36. The van der Waals surface area contributed by atoms with Crippen LogP contribution in [-0.2, 0) is 0 Å². The number of halogens is 2. The Morgan fingerprint density at radius 3 is 0.975 bits per heavy atom. The molecule has 2 nitrogen and oxygen atoms in total. The van der Waals surface area contributed by atoms with E-state index >= 15 is 8.78 Å². The van der Waals surface area contributed by atoms with Crippen LogP contribution >= 0.6 is 0 Å². The SMILES string of the molecule is Fc1cc(-c2cc(F)cc(-n3c4ccccc4c4ccccc43)c2)cc(-n2c3ccccc3c3ccccc32)c1. The molecule has 8 aromatic rings. The number of hydrogen-bond acceptors (Lipinski definition) is 0. The number of nitrogens with zero attached hydrogens (tertiary/aromatic N) is 2. The van der Waals surface area contributed by atoms with E-state index in [2.05, 4.69) is 33.4 Å². The Labute approximate surface area is 228 Å². The summed E-state index contributed by atoms with van der Waals surface area (Å²) in [4.78, 5) is 0. The zero-order valence-electron chi connectivity index (χ0n) is 21.4. The van der Waals surface area contributed by atoms with Crippen molar-refractivity contribution in [3.63, 3.8) is 0 Å². The Bertz CT molecular complexity index is 1990. The lowest BCUT2D eigenvalue weighted by Crippen LogP contribution is -1.98. The molecule has 8 rings (SSSR count). The molecule has 0 saturated heterocycles. The molecule has 2 heterocycles. The second-order valence-electron chi connectivity index (χ2n) is 10.1. The van der Waals surface area contributed by atoms with Crippen LogP contribution in [0.5, 0.6) is 0 Å². The standard InChI is InChI=1S/C36H22F2N2/c37-25-17-23(19-27(21-25)39-33-13-5-1-9-29(33)30-10-2-6-14-34(30)39)24-18-26(38)22-28(20-24)40-35-15-7-3-11-31(35)32-12-4-8-16-36(32)40/h1-22H. The maximum Gasteiger partial charge on any atom is 0.125 e. The van der Waals surface area contributed by atoms with Gasteiger partial charge in [0.05, 0.1) is 22.1 Å². The third kappa shape index (κ3) is 3.39. The second-order valence-corrected chi connectivity index (χ2v) is 10.1. The maximum absolute atomic E-state index is 15.3. The lowest BCUT2D eigenvalue weighted by molar-refractivity contribution is 0.625. The molecular weight excluding hydrogens is 498 g/mol. The first-order chi connectivity index (χ1) is 19.7. The van der Waals surface area contributed by atoms with Gasteiger partial charge in [-0.25, -0.2) is 8.78 Å². The van der Waals surface area contributed by atoms with E-state index in [-0.39, 0.29) is 11.6 Å². The van der Waals surface area contributed by atoms with E-state index in [1.807, 2.05) is 84.9 Å². The number of aromatic nitrogens is 2. The third-order valence-corrected chi connectivity index (χ3v) is 7.77. The third-order valence-electron chi connectivity index (χ3n) is 7.77. The summed E-state index contributed by atoms with van der Waals surface area (Å²) in [6, 6.07) is 42.4. The molecule has 0 bridgehead atoms. The van der Waals surface area contributed by atoms with Crippen LogP contribution in [0.25, 0.3) is 66.1 Å². The molecule has 0 N–H and O–H groups in total. The highest BCUT2D eigenvalue weighted by atomic mass is 19.1. The molecule has 0 fully saturated rings. The molecule has 190 valence electrons. The number of hydrogen-bond donors (Lipinski definition) is 0. The van der Waals surface area contributed by atoms with E-state index in [1.54, 1.807) is 0 Å². The molecule has 6 aromatic carbocycles. The molecule has 0 radical (unpaired) electrons. The van der Waals surface area contributed by atoms with Gasteiger partial charge in [0.25, 0.3) is 0 Å². The first kappa shape index (κ1) is 22.7. The van der Waals surface area contributed by atoms with E-state index in [1.165, 1.54) is 24.3 Å². The predicted molar refractivity (Wildman–Crippen MR) is 160 cm³/mol. The minimum absolute atomic E-state index is 0.378. The van der Waals surface area contributed by atoms with Gasteiger partial charge in [0, 0.05) is 32.9 Å². The Morgan fingerprint density at radius 2 is 0.650 bits per heavy atom. The number of fused-ring (bicyclic) bond motifs is 6. The summed E-state index contributed by atoms with van der Waals surface area (Å²) >= 11 is 0. The molecule has 0 atom stereocenters. The predicted octanol–water partition coefficient (Wildman–Crippen LogP) is 9.83. The highest BCUT2D eigenvalue weighted by Gasteiger charge is 2.16. The van der Waals surface area contributed by atoms with Gasteiger partial charge in [0.1, 0.15) is 11.6 Å². The van der Waals surface area contributed by atoms with Gasteiger partial charge >= 0.3 is 0 Å².